The van der Waals surface area contributed by atoms with Gasteiger partial charge in [0.1, 0.15) is 0 Å². The highest BCUT2D eigenvalue weighted by atomic mass is 32.1. The van der Waals surface area contributed by atoms with Gasteiger partial charge in [0, 0.05) is 42.5 Å². The number of hydrogen-bond acceptors (Lipinski definition) is 4. The Morgan fingerprint density at radius 3 is 2.72 bits per heavy atom. The first kappa shape index (κ1) is 15.6. The van der Waals surface area contributed by atoms with Crippen molar-refractivity contribution in [2.45, 2.75) is 39.4 Å². The van der Waals surface area contributed by atoms with Gasteiger partial charge in [0.15, 0.2) is 0 Å². The predicted molar refractivity (Wildman–Crippen MR) is 79.1 cm³/mol. The highest BCUT2D eigenvalue weighted by molar-refractivity contribution is 7.11. The molecule has 0 saturated heterocycles. The number of nitrogens with zero attached hydrogens (tertiary/aromatic N) is 1. The van der Waals surface area contributed by atoms with Crippen LogP contribution in [0, 0.1) is 0 Å². The molecule has 0 amide bonds. The largest absolute Gasteiger partial charge is 0.383 e. The first-order valence-corrected chi connectivity index (χ1v) is 7.48. The Labute approximate surface area is 115 Å². The summed E-state index contributed by atoms with van der Waals surface area (Å²) in [6.45, 7) is 8.34. The van der Waals surface area contributed by atoms with Crippen LogP contribution in [-0.4, -0.2) is 38.3 Å². The van der Waals surface area contributed by atoms with Crippen LogP contribution in [0.4, 0.5) is 0 Å². The predicted octanol–water partition coefficient (Wildman–Crippen LogP) is 2.71. The van der Waals surface area contributed by atoms with Crippen molar-refractivity contribution in [3.63, 3.8) is 0 Å². The molecule has 0 saturated carbocycles. The van der Waals surface area contributed by atoms with E-state index in [1.54, 1.807) is 7.11 Å². The van der Waals surface area contributed by atoms with Gasteiger partial charge in [0.2, 0.25) is 0 Å². The quantitative estimate of drug-likeness (QED) is 0.747. The second-order valence-electron chi connectivity index (χ2n) is 4.62. The van der Waals surface area contributed by atoms with Crippen molar-refractivity contribution in [2.24, 2.45) is 0 Å². The van der Waals surface area contributed by atoms with Crippen molar-refractivity contribution in [1.29, 1.82) is 0 Å². The molecule has 18 heavy (non-hydrogen) atoms. The monoisotopic (exact) mass is 270 g/mol. The minimum atomic E-state index is 0.606. The minimum absolute atomic E-state index is 0.606. The molecule has 0 spiro atoms. The third kappa shape index (κ3) is 5.06. The summed E-state index contributed by atoms with van der Waals surface area (Å²) in [5.74, 6) is 0. The first-order chi connectivity index (χ1) is 8.71. The van der Waals surface area contributed by atoms with Crippen LogP contribution in [-0.2, 0) is 17.8 Å². The van der Waals surface area contributed by atoms with Gasteiger partial charge in [-0.1, -0.05) is 6.92 Å². The topological polar surface area (TPSA) is 24.5 Å². The number of rotatable bonds is 9. The molecule has 1 atom stereocenters. The number of nitrogens with one attached hydrogen (secondary N) is 1. The summed E-state index contributed by atoms with van der Waals surface area (Å²) in [6, 6.07) is 5.08. The van der Waals surface area contributed by atoms with Crippen LogP contribution in [0.3, 0.4) is 0 Å². The molecule has 1 heterocycles. The molecule has 0 aromatic carbocycles. The summed E-state index contributed by atoms with van der Waals surface area (Å²) in [4.78, 5) is 5.35. The molecule has 4 heteroatoms. The van der Waals surface area contributed by atoms with Crippen LogP contribution in [0.25, 0.3) is 0 Å². The highest BCUT2D eigenvalue weighted by Gasteiger charge is 2.13. The van der Waals surface area contributed by atoms with Gasteiger partial charge in [-0.2, -0.15) is 0 Å². The Balaban J connectivity index is 2.57. The fourth-order valence-electron chi connectivity index (χ4n) is 1.90. The molecule has 0 aliphatic heterocycles. The van der Waals surface area contributed by atoms with Crippen LogP contribution in [0.5, 0.6) is 0 Å². The molecule has 0 aliphatic carbocycles. The smallest absolute Gasteiger partial charge is 0.0589 e. The van der Waals surface area contributed by atoms with E-state index >= 15 is 0 Å². The van der Waals surface area contributed by atoms with Crippen LogP contribution < -0.4 is 5.32 Å². The zero-order valence-electron chi connectivity index (χ0n) is 12.0. The van der Waals surface area contributed by atoms with E-state index in [2.05, 4.69) is 36.2 Å². The van der Waals surface area contributed by atoms with Crippen molar-refractivity contribution < 1.29 is 4.74 Å². The molecular weight excluding hydrogens is 244 g/mol. The lowest BCUT2D eigenvalue weighted by molar-refractivity contribution is 0.119. The van der Waals surface area contributed by atoms with E-state index in [-0.39, 0.29) is 0 Å². The molecule has 0 bridgehead atoms. The van der Waals surface area contributed by atoms with Gasteiger partial charge < -0.3 is 10.1 Å². The van der Waals surface area contributed by atoms with Gasteiger partial charge in [-0.3, -0.25) is 4.90 Å². The third-order valence-corrected chi connectivity index (χ3v) is 4.29. The second kappa shape index (κ2) is 8.64. The van der Waals surface area contributed by atoms with Crippen molar-refractivity contribution >= 4 is 11.3 Å². The number of thiophene rings is 1. The Morgan fingerprint density at radius 2 is 2.11 bits per heavy atom. The van der Waals surface area contributed by atoms with Gasteiger partial charge in [-0.25, -0.2) is 0 Å². The van der Waals surface area contributed by atoms with Crippen LogP contribution in [0.2, 0.25) is 0 Å². The fourth-order valence-corrected chi connectivity index (χ4v) is 2.95. The van der Waals surface area contributed by atoms with E-state index in [4.69, 9.17) is 4.74 Å². The normalized spacial score (nSPS) is 13.2. The Kier molecular flexibility index (Phi) is 7.51. The number of hydrogen-bond donors (Lipinski definition) is 1. The molecule has 3 nitrogen and oxygen atoms in total. The standard InChI is InChI=1S/C14H26N2OS/c1-5-12(2)16(8-9-17-4)11-14-7-6-13(18-14)10-15-3/h6-7,12,15H,5,8-11H2,1-4H3. The Bertz CT molecular complexity index is 327. The maximum atomic E-state index is 5.20. The lowest BCUT2D eigenvalue weighted by atomic mass is 10.2. The maximum absolute atomic E-state index is 5.20. The highest BCUT2D eigenvalue weighted by Crippen LogP contribution is 2.19. The van der Waals surface area contributed by atoms with Gasteiger partial charge >= 0.3 is 0 Å². The molecule has 0 aliphatic rings. The van der Waals surface area contributed by atoms with E-state index in [1.807, 2.05) is 18.4 Å². The SMILES string of the molecule is CCC(C)N(CCOC)Cc1ccc(CNC)s1. The molecule has 1 aromatic heterocycles. The minimum Gasteiger partial charge on any atom is -0.383 e. The summed E-state index contributed by atoms with van der Waals surface area (Å²) >= 11 is 1.90. The lowest BCUT2D eigenvalue weighted by Gasteiger charge is -2.27. The molecule has 1 unspecified atom stereocenters. The van der Waals surface area contributed by atoms with Gasteiger partial charge in [0.25, 0.3) is 0 Å². The molecule has 0 radical (unpaired) electrons. The first-order valence-electron chi connectivity index (χ1n) is 6.66. The lowest BCUT2D eigenvalue weighted by Crippen LogP contribution is -2.34. The molecule has 1 rings (SSSR count). The van der Waals surface area contributed by atoms with E-state index in [0.717, 1.165) is 26.2 Å². The van der Waals surface area contributed by atoms with E-state index in [9.17, 15) is 0 Å². The average Bonchev–Trinajstić information content (AvgIpc) is 2.81. The van der Waals surface area contributed by atoms with Crippen LogP contribution in [0.15, 0.2) is 12.1 Å². The van der Waals surface area contributed by atoms with Gasteiger partial charge in [-0.05, 0) is 32.5 Å². The summed E-state index contributed by atoms with van der Waals surface area (Å²) < 4.78 is 5.20. The van der Waals surface area contributed by atoms with E-state index in [1.165, 1.54) is 16.2 Å². The Morgan fingerprint density at radius 1 is 1.39 bits per heavy atom. The molecule has 1 aromatic rings. The van der Waals surface area contributed by atoms with Crippen molar-refractivity contribution in [1.82, 2.24) is 10.2 Å². The summed E-state index contributed by atoms with van der Waals surface area (Å²) in [5.41, 5.74) is 0. The zero-order valence-corrected chi connectivity index (χ0v) is 12.8. The van der Waals surface area contributed by atoms with Gasteiger partial charge in [-0.15, -0.1) is 11.3 Å². The number of methoxy groups -OCH3 is 1. The molecule has 104 valence electrons. The summed E-state index contributed by atoms with van der Waals surface area (Å²) in [5, 5.41) is 3.20. The van der Waals surface area contributed by atoms with E-state index in [0.29, 0.717) is 6.04 Å². The third-order valence-electron chi connectivity index (χ3n) is 3.22. The Hall–Kier alpha value is -0.420. The average molecular weight is 270 g/mol. The van der Waals surface area contributed by atoms with Crippen LogP contribution >= 0.6 is 11.3 Å². The second-order valence-corrected chi connectivity index (χ2v) is 5.87. The van der Waals surface area contributed by atoms with Crippen molar-refractivity contribution in [3.8, 4) is 0 Å². The molecular formula is C14H26N2OS. The van der Waals surface area contributed by atoms with E-state index < -0.39 is 0 Å². The maximum Gasteiger partial charge on any atom is 0.0589 e. The molecule has 1 N–H and O–H groups in total. The fraction of sp³-hybridized carbons (Fsp3) is 0.714. The van der Waals surface area contributed by atoms with Crippen molar-refractivity contribution in [3.05, 3.63) is 21.9 Å². The molecule has 0 fully saturated rings. The zero-order chi connectivity index (χ0) is 13.4. The number of ether oxygens (including phenoxy) is 1. The summed E-state index contributed by atoms with van der Waals surface area (Å²) in [6.07, 6.45) is 1.18. The summed E-state index contributed by atoms with van der Waals surface area (Å²) in [7, 11) is 3.76. The van der Waals surface area contributed by atoms with Gasteiger partial charge in [0.05, 0.1) is 6.61 Å². The van der Waals surface area contributed by atoms with Crippen LogP contribution in [0.1, 0.15) is 30.0 Å². The van der Waals surface area contributed by atoms with Crippen molar-refractivity contribution in [2.75, 3.05) is 27.3 Å².